The van der Waals surface area contributed by atoms with Gasteiger partial charge in [0, 0.05) is 12.4 Å². The number of benzene rings is 1. The highest BCUT2D eigenvalue weighted by molar-refractivity contribution is 6.02. The highest BCUT2D eigenvalue weighted by Crippen LogP contribution is 2.39. The summed E-state index contributed by atoms with van der Waals surface area (Å²) in [5.74, 6) is -0.234. The molecular formula is C21H15F6N7O. The molecule has 0 bridgehead atoms. The molecule has 3 aromatic heterocycles. The van der Waals surface area contributed by atoms with Crippen molar-refractivity contribution < 1.29 is 31.1 Å². The number of nitrogens with one attached hydrogen (secondary N) is 1. The normalized spacial score (nSPS) is 13.0. The summed E-state index contributed by atoms with van der Waals surface area (Å²) < 4.78 is 81.7. The van der Waals surface area contributed by atoms with Gasteiger partial charge in [0.1, 0.15) is 0 Å². The Bertz CT molecular complexity index is 1340. The number of nitrogens with zero attached hydrogens (tertiary/aromatic N) is 6. The first-order valence-corrected chi connectivity index (χ1v) is 9.91. The van der Waals surface area contributed by atoms with E-state index in [4.69, 9.17) is 0 Å². The monoisotopic (exact) mass is 495 g/mol. The lowest BCUT2D eigenvalue weighted by atomic mass is 9.98. The molecule has 0 aliphatic rings. The number of carbonyl (C=O) groups excluding carboxylic acids is 1. The fourth-order valence-electron chi connectivity index (χ4n) is 3.26. The molecule has 0 radical (unpaired) electrons. The molecule has 1 aromatic carbocycles. The molecule has 0 fully saturated rings. The summed E-state index contributed by atoms with van der Waals surface area (Å²) in [6.45, 7) is 1.34. The Hall–Kier alpha value is -4.23. The minimum atomic E-state index is -5.02. The Morgan fingerprint density at radius 2 is 1.80 bits per heavy atom. The van der Waals surface area contributed by atoms with Gasteiger partial charge in [-0.05, 0) is 36.8 Å². The number of pyridine rings is 1. The van der Waals surface area contributed by atoms with Crippen LogP contribution in [-0.4, -0.2) is 35.7 Å². The zero-order valence-corrected chi connectivity index (χ0v) is 17.7. The summed E-state index contributed by atoms with van der Waals surface area (Å²) in [6, 6.07) is 5.41. The third kappa shape index (κ3) is 5.15. The van der Waals surface area contributed by atoms with Crippen molar-refractivity contribution in [3.63, 3.8) is 0 Å². The van der Waals surface area contributed by atoms with Gasteiger partial charge in [0.05, 0.1) is 35.2 Å². The molecule has 14 heteroatoms. The van der Waals surface area contributed by atoms with Crippen molar-refractivity contribution in [2.45, 2.75) is 25.3 Å². The van der Waals surface area contributed by atoms with Crippen LogP contribution in [0.4, 0.5) is 32.0 Å². The molecule has 4 rings (SSSR count). The van der Waals surface area contributed by atoms with Crippen LogP contribution in [0.5, 0.6) is 0 Å². The molecule has 8 nitrogen and oxygen atoms in total. The van der Waals surface area contributed by atoms with Gasteiger partial charge in [0.15, 0.2) is 11.5 Å². The highest BCUT2D eigenvalue weighted by atomic mass is 19.4. The van der Waals surface area contributed by atoms with Gasteiger partial charge in [0.25, 0.3) is 5.91 Å². The molecule has 0 aliphatic heterocycles. The lowest BCUT2D eigenvalue weighted by Crippen LogP contribution is -2.17. The van der Waals surface area contributed by atoms with Crippen molar-refractivity contribution in [1.82, 2.24) is 29.8 Å². The Morgan fingerprint density at radius 3 is 2.46 bits per heavy atom. The second-order valence-electron chi connectivity index (χ2n) is 7.37. The molecule has 0 spiro atoms. The molecular weight excluding hydrogens is 480 g/mol. The molecule has 0 saturated heterocycles. The predicted octanol–water partition coefficient (Wildman–Crippen LogP) is 4.76. The maximum Gasteiger partial charge on any atom is 0.416 e. The van der Waals surface area contributed by atoms with E-state index in [2.05, 4.69) is 25.7 Å². The van der Waals surface area contributed by atoms with Gasteiger partial charge in [-0.25, -0.2) is 9.67 Å². The molecule has 182 valence electrons. The first kappa shape index (κ1) is 23.9. The summed E-state index contributed by atoms with van der Waals surface area (Å²) in [4.78, 5) is 16.6. The topological polar surface area (TPSA) is 90.5 Å². The van der Waals surface area contributed by atoms with Crippen LogP contribution in [0.25, 0.3) is 5.82 Å². The van der Waals surface area contributed by atoms with Crippen LogP contribution in [0.3, 0.4) is 0 Å². The third-order valence-corrected chi connectivity index (χ3v) is 5.00. The summed E-state index contributed by atoms with van der Waals surface area (Å²) in [7, 11) is 0. The van der Waals surface area contributed by atoms with Gasteiger partial charge >= 0.3 is 12.4 Å². The summed E-state index contributed by atoms with van der Waals surface area (Å²) in [6.07, 6.45) is -4.63. The largest absolute Gasteiger partial charge is 0.416 e. The van der Waals surface area contributed by atoms with E-state index in [0.29, 0.717) is 11.9 Å². The zero-order valence-electron chi connectivity index (χ0n) is 17.7. The highest BCUT2D eigenvalue weighted by Gasteiger charge is 2.39. The average Bonchev–Trinajstić information content (AvgIpc) is 3.48. The van der Waals surface area contributed by atoms with E-state index in [-0.39, 0.29) is 17.4 Å². The molecule has 35 heavy (non-hydrogen) atoms. The van der Waals surface area contributed by atoms with Crippen LogP contribution in [0.2, 0.25) is 0 Å². The van der Waals surface area contributed by atoms with Crippen molar-refractivity contribution in [3.05, 3.63) is 83.6 Å². The number of hydrogen-bond donors (Lipinski definition) is 1. The number of halogens is 6. The molecule has 3 heterocycles. The summed E-state index contributed by atoms with van der Waals surface area (Å²) in [5.41, 5.74) is -3.17. The van der Waals surface area contributed by atoms with Crippen molar-refractivity contribution in [2.24, 2.45) is 0 Å². The van der Waals surface area contributed by atoms with E-state index in [0.717, 1.165) is 10.7 Å². The van der Waals surface area contributed by atoms with Gasteiger partial charge in [-0.1, -0.05) is 17.3 Å². The number of alkyl halides is 6. The average molecular weight is 495 g/mol. The molecule has 0 unspecified atom stereocenters. The van der Waals surface area contributed by atoms with Crippen molar-refractivity contribution in [2.75, 3.05) is 5.32 Å². The maximum absolute atomic E-state index is 13.5. The first-order valence-electron chi connectivity index (χ1n) is 9.91. The zero-order chi connectivity index (χ0) is 25.4. The number of carbonyl (C=O) groups is 1. The second kappa shape index (κ2) is 8.85. The Labute approximate surface area is 193 Å². The Balaban J connectivity index is 1.54. The number of hydrogen-bond acceptors (Lipinski definition) is 5. The van der Waals surface area contributed by atoms with Gasteiger partial charge in [-0.15, -0.1) is 5.10 Å². The maximum atomic E-state index is 13.5. The van der Waals surface area contributed by atoms with E-state index in [1.165, 1.54) is 36.4 Å². The second-order valence-corrected chi connectivity index (χ2v) is 7.37. The Morgan fingerprint density at radius 1 is 1.03 bits per heavy atom. The van der Waals surface area contributed by atoms with E-state index in [1.807, 2.05) is 0 Å². The summed E-state index contributed by atoms with van der Waals surface area (Å²) >= 11 is 0. The SMILES string of the molecule is C[C@H](c1ccc(C(F)(F)F)cc1C(F)(F)F)n1cc(NC(=O)c2cn(-c3ccccn3)nn2)cn1. The quantitative estimate of drug-likeness (QED) is 0.404. The minimum Gasteiger partial charge on any atom is -0.318 e. The molecule has 0 aliphatic carbocycles. The fourth-order valence-corrected chi connectivity index (χ4v) is 3.26. The van der Waals surface area contributed by atoms with Crippen LogP contribution < -0.4 is 5.32 Å². The van der Waals surface area contributed by atoms with E-state index < -0.39 is 41.0 Å². The lowest BCUT2D eigenvalue weighted by molar-refractivity contribution is -0.143. The van der Waals surface area contributed by atoms with Gasteiger partial charge in [-0.3, -0.25) is 9.48 Å². The first-order chi connectivity index (χ1) is 16.4. The van der Waals surface area contributed by atoms with E-state index in [1.54, 1.807) is 18.2 Å². The number of anilines is 1. The molecule has 0 saturated carbocycles. The van der Waals surface area contributed by atoms with Crippen molar-refractivity contribution in [1.29, 1.82) is 0 Å². The lowest BCUT2D eigenvalue weighted by Gasteiger charge is -2.20. The van der Waals surface area contributed by atoms with Crippen molar-refractivity contribution >= 4 is 11.6 Å². The standard InChI is InChI=1S/C21H15F6N7O/c1-12(15-6-5-13(20(22,23)24)8-16(15)21(25,26)27)33-10-14(9-29-33)30-19(35)17-11-34(32-31-17)18-4-2-3-7-28-18/h2-12H,1H3,(H,30,35)/t12-/m1/s1. The minimum absolute atomic E-state index is 0.0569. The van der Waals surface area contributed by atoms with Crippen molar-refractivity contribution in [3.8, 4) is 5.82 Å². The van der Waals surface area contributed by atoms with Gasteiger partial charge in [0.2, 0.25) is 0 Å². The van der Waals surface area contributed by atoms with Crippen LogP contribution in [0.1, 0.15) is 40.1 Å². The predicted molar refractivity (Wildman–Crippen MR) is 110 cm³/mol. The molecule has 1 amide bonds. The smallest absolute Gasteiger partial charge is 0.318 e. The van der Waals surface area contributed by atoms with E-state index in [9.17, 15) is 31.1 Å². The molecule has 1 atom stereocenters. The summed E-state index contributed by atoms with van der Waals surface area (Å²) in [5, 5.41) is 14.0. The van der Waals surface area contributed by atoms with Crippen LogP contribution in [-0.2, 0) is 12.4 Å². The van der Waals surface area contributed by atoms with Crippen LogP contribution in [0.15, 0.2) is 61.2 Å². The van der Waals surface area contributed by atoms with E-state index >= 15 is 0 Å². The molecule has 1 N–H and O–H groups in total. The number of aromatic nitrogens is 6. The fraction of sp³-hybridized carbons (Fsp3) is 0.190. The third-order valence-electron chi connectivity index (χ3n) is 5.00. The number of amides is 1. The Kier molecular flexibility index (Phi) is 6.05. The van der Waals surface area contributed by atoms with Gasteiger partial charge in [-0.2, -0.15) is 31.4 Å². The molecule has 4 aromatic rings. The van der Waals surface area contributed by atoms with Crippen LogP contribution in [0, 0.1) is 0 Å². The van der Waals surface area contributed by atoms with Gasteiger partial charge < -0.3 is 5.32 Å². The number of rotatable bonds is 5. The van der Waals surface area contributed by atoms with Crippen LogP contribution >= 0.6 is 0 Å².